The molecule has 0 spiro atoms. The van der Waals surface area contributed by atoms with Gasteiger partial charge < -0.3 is 11.1 Å². The highest BCUT2D eigenvalue weighted by Gasteiger charge is 2.41. The van der Waals surface area contributed by atoms with E-state index in [9.17, 15) is 8.78 Å². The fourth-order valence-electron chi connectivity index (χ4n) is 2.35. The molecule has 3 nitrogen and oxygen atoms in total. The number of rotatable bonds is 5. The molecule has 3 rings (SSSR count). The van der Waals surface area contributed by atoms with Crippen LogP contribution in [-0.2, 0) is 5.92 Å². The highest BCUT2D eigenvalue weighted by Crippen LogP contribution is 2.47. The number of nitrogens with two attached hydrogens (primary N) is 1. The molecule has 3 N–H and O–H groups in total. The fourth-order valence-corrected chi connectivity index (χ4v) is 5.02. The quantitative estimate of drug-likeness (QED) is 0.642. The van der Waals surface area contributed by atoms with Gasteiger partial charge in [0.1, 0.15) is 10.7 Å². The molecule has 0 amide bonds. The Labute approximate surface area is 156 Å². The topological polar surface area (TPSA) is 50.9 Å². The predicted molar refractivity (Wildman–Crippen MR) is 101 cm³/mol. The van der Waals surface area contributed by atoms with Crippen LogP contribution in [0.15, 0.2) is 17.6 Å². The molecule has 3 heterocycles. The van der Waals surface area contributed by atoms with Gasteiger partial charge in [0, 0.05) is 17.9 Å². The van der Waals surface area contributed by atoms with Crippen molar-refractivity contribution >= 4 is 62.2 Å². The molecule has 0 aliphatic carbocycles. The van der Waals surface area contributed by atoms with Crippen molar-refractivity contribution in [3.8, 4) is 0 Å². The van der Waals surface area contributed by atoms with Crippen LogP contribution >= 0.6 is 46.3 Å². The van der Waals surface area contributed by atoms with Gasteiger partial charge in [0.25, 0.3) is 5.92 Å². The molecular weight excluding hydrogens is 395 g/mol. The van der Waals surface area contributed by atoms with Crippen LogP contribution in [0, 0.1) is 0 Å². The third-order valence-electron chi connectivity index (χ3n) is 3.71. The number of pyridine rings is 1. The molecule has 1 aliphatic rings. The minimum atomic E-state index is -3.22. The molecule has 0 saturated heterocycles. The fraction of sp³-hybridized carbons (Fsp3) is 0.400. The van der Waals surface area contributed by atoms with Gasteiger partial charge in [-0.3, -0.25) is 0 Å². The summed E-state index contributed by atoms with van der Waals surface area (Å²) in [6.07, 6.45) is 3.08. The molecule has 0 radical (unpaired) electrons. The molecule has 0 saturated carbocycles. The van der Waals surface area contributed by atoms with Gasteiger partial charge in [-0.2, -0.15) is 8.78 Å². The third kappa shape index (κ3) is 3.37. The van der Waals surface area contributed by atoms with Crippen LogP contribution in [0.4, 0.5) is 14.5 Å². The number of alkyl halides is 2. The summed E-state index contributed by atoms with van der Waals surface area (Å²) in [5.41, 5.74) is 6.37. The molecular formula is C15H15Cl2F2N3S2. The lowest BCUT2D eigenvalue weighted by Gasteiger charge is -2.18. The number of halogens is 4. The largest absolute Gasteiger partial charge is 0.383 e. The number of nitrogens with one attached hydrogen (secondary N) is 1. The highest BCUT2D eigenvalue weighted by atomic mass is 35.5. The first kappa shape index (κ1) is 18.2. The Morgan fingerprint density at radius 1 is 1.50 bits per heavy atom. The molecule has 2 atom stereocenters. The normalized spacial score (nSPS) is 19.2. The first-order chi connectivity index (χ1) is 11.3. The zero-order valence-corrected chi connectivity index (χ0v) is 15.8. The maximum absolute atomic E-state index is 14.3. The minimum absolute atomic E-state index is 0.0836. The van der Waals surface area contributed by atoms with E-state index in [2.05, 4.69) is 21.8 Å². The van der Waals surface area contributed by atoms with Gasteiger partial charge >= 0.3 is 0 Å². The highest BCUT2D eigenvalue weighted by molar-refractivity contribution is 8.03. The van der Waals surface area contributed by atoms with E-state index in [1.165, 1.54) is 6.92 Å². The lowest BCUT2D eigenvalue weighted by Crippen LogP contribution is -2.35. The van der Waals surface area contributed by atoms with E-state index >= 15 is 0 Å². The van der Waals surface area contributed by atoms with Crippen molar-refractivity contribution in [2.75, 3.05) is 11.9 Å². The number of hydrogen-bond acceptors (Lipinski definition) is 5. The number of allylic oxidation sites excluding steroid dienone is 1. The van der Waals surface area contributed by atoms with Gasteiger partial charge in [-0.1, -0.05) is 29.3 Å². The van der Waals surface area contributed by atoms with Crippen molar-refractivity contribution in [1.82, 2.24) is 4.98 Å². The van der Waals surface area contributed by atoms with Gasteiger partial charge in [0.05, 0.1) is 26.3 Å². The van der Waals surface area contributed by atoms with E-state index in [1.54, 1.807) is 17.8 Å². The molecule has 2 aromatic rings. The van der Waals surface area contributed by atoms with Crippen LogP contribution in [0.1, 0.15) is 18.2 Å². The van der Waals surface area contributed by atoms with Crippen molar-refractivity contribution in [2.45, 2.75) is 30.6 Å². The first-order valence-electron chi connectivity index (χ1n) is 7.27. The standard InChI is InChI=1S/C15H15Cl2F2N3S2/c1-7(20)15(18,19)14-11(17)12-13(24-14)9(5-10(16)22-12)21-6-8-3-2-4-23-8/h2,4-5,7-8H,3,6,20H2,1H3,(H,21,22)/t7-,8?/m0/s1. The van der Waals surface area contributed by atoms with Crippen LogP contribution in [-0.4, -0.2) is 22.8 Å². The zero-order chi connectivity index (χ0) is 17.5. The van der Waals surface area contributed by atoms with E-state index in [-0.39, 0.29) is 20.6 Å². The first-order valence-corrected chi connectivity index (χ1v) is 9.79. The van der Waals surface area contributed by atoms with Crippen LogP contribution in [0.5, 0.6) is 0 Å². The average molecular weight is 410 g/mol. The molecule has 0 fully saturated rings. The number of aromatic nitrogens is 1. The monoisotopic (exact) mass is 409 g/mol. The van der Waals surface area contributed by atoms with Gasteiger partial charge in [-0.25, -0.2) is 4.98 Å². The summed E-state index contributed by atoms with van der Waals surface area (Å²) < 4.78 is 29.3. The second-order valence-electron chi connectivity index (χ2n) is 5.57. The van der Waals surface area contributed by atoms with Gasteiger partial charge in [-0.05, 0) is 18.8 Å². The summed E-state index contributed by atoms with van der Waals surface area (Å²) in [6.45, 7) is 1.95. The second kappa shape index (κ2) is 6.96. The SMILES string of the molecule is C[C@H](N)C(F)(F)c1sc2c(NCC3CC=CS3)cc(Cl)nc2c1Cl. The van der Waals surface area contributed by atoms with Crippen molar-refractivity contribution in [1.29, 1.82) is 0 Å². The van der Waals surface area contributed by atoms with Crippen molar-refractivity contribution < 1.29 is 8.78 Å². The van der Waals surface area contributed by atoms with E-state index in [0.717, 1.165) is 17.8 Å². The third-order valence-corrected chi connectivity index (χ3v) is 6.78. The summed E-state index contributed by atoms with van der Waals surface area (Å²) in [4.78, 5) is 3.85. The Hall–Kier alpha value is -0.600. The average Bonchev–Trinajstić information content (AvgIpc) is 3.14. The van der Waals surface area contributed by atoms with Crippen molar-refractivity contribution in [3.63, 3.8) is 0 Å². The summed E-state index contributed by atoms with van der Waals surface area (Å²) >= 11 is 14.9. The molecule has 24 heavy (non-hydrogen) atoms. The Balaban J connectivity index is 2.00. The van der Waals surface area contributed by atoms with E-state index in [4.69, 9.17) is 28.9 Å². The van der Waals surface area contributed by atoms with Crippen molar-refractivity contribution in [2.24, 2.45) is 5.73 Å². The van der Waals surface area contributed by atoms with Gasteiger partial charge in [0.2, 0.25) is 0 Å². The number of anilines is 1. The molecule has 9 heteroatoms. The number of thiophene rings is 1. The van der Waals surface area contributed by atoms with E-state index < -0.39 is 12.0 Å². The van der Waals surface area contributed by atoms with Gasteiger partial charge in [0.15, 0.2) is 0 Å². The summed E-state index contributed by atoms with van der Waals surface area (Å²) in [7, 11) is 0. The lowest BCUT2D eigenvalue weighted by atomic mass is 10.1. The summed E-state index contributed by atoms with van der Waals surface area (Å²) in [6, 6.07) is 0.285. The molecule has 2 aromatic heterocycles. The Morgan fingerprint density at radius 2 is 2.25 bits per heavy atom. The summed E-state index contributed by atoms with van der Waals surface area (Å²) in [5.74, 6) is -3.22. The Kier molecular flexibility index (Phi) is 5.28. The number of thioether (sulfide) groups is 1. The van der Waals surface area contributed by atoms with Crippen LogP contribution in [0.25, 0.3) is 10.2 Å². The lowest BCUT2D eigenvalue weighted by molar-refractivity contribution is -0.0217. The van der Waals surface area contributed by atoms with E-state index in [0.29, 0.717) is 22.2 Å². The van der Waals surface area contributed by atoms with Gasteiger partial charge in [-0.15, -0.1) is 23.1 Å². The Bertz CT molecular complexity index is 785. The molecule has 130 valence electrons. The number of nitrogens with zero attached hydrogens (tertiary/aromatic N) is 1. The molecule has 1 unspecified atom stereocenters. The van der Waals surface area contributed by atoms with Crippen LogP contribution < -0.4 is 11.1 Å². The predicted octanol–water partition coefficient (Wildman–Crippen LogP) is 5.47. The minimum Gasteiger partial charge on any atom is -0.383 e. The molecule has 1 aliphatic heterocycles. The maximum Gasteiger partial charge on any atom is 0.298 e. The van der Waals surface area contributed by atoms with Crippen LogP contribution in [0.2, 0.25) is 10.2 Å². The molecule has 0 bridgehead atoms. The zero-order valence-electron chi connectivity index (χ0n) is 12.7. The van der Waals surface area contributed by atoms with E-state index in [1.807, 2.05) is 0 Å². The van der Waals surface area contributed by atoms with Crippen LogP contribution in [0.3, 0.4) is 0 Å². The van der Waals surface area contributed by atoms with Crippen molar-refractivity contribution in [3.05, 3.63) is 32.6 Å². The molecule has 0 aromatic carbocycles. The Morgan fingerprint density at radius 3 is 2.88 bits per heavy atom. The second-order valence-corrected chi connectivity index (χ2v) is 8.57. The maximum atomic E-state index is 14.3. The number of hydrogen-bond donors (Lipinski definition) is 2. The summed E-state index contributed by atoms with van der Waals surface area (Å²) in [5, 5.41) is 5.87. The smallest absolute Gasteiger partial charge is 0.298 e. The number of fused-ring (bicyclic) bond motifs is 1.